The molecule has 1 saturated heterocycles. The molecule has 5 aliphatic rings. The molecule has 3 N–H and O–H groups in total. The van der Waals surface area contributed by atoms with E-state index < -0.39 is 30.7 Å². The topological polar surface area (TPSA) is 105 Å². The third-order valence-electron chi connectivity index (χ3n) is 15.1. The first kappa shape index (κ1) is 42.2. The van der Waals surface area contributed by atoms with Gasteiger partial charge >= 0.3 is 5.97 Å². The molecule has 1 aliphatic heterocycles. The van der Waals surface area contributed by atoms with Gasteiger partial charge in [-0.3, -0.25) is 4.79 Å². The lowest BCUT2D eigenvalue weighted by Gasteiger charge is -2.58. The van der Waals surface area contributed by atoms with E-state index in [0.29, 0.717) is 17.8 Å². The Kier molecular flexibility index (Phi) is 15.6. The van der Waals surface area contributed by atoms with E-state index >= 15 is 0 Å². The fourth-order valence-corrected chi connectivity index (χ4v) is 12.0. The van der Waals surface area contributed by atoms with Gasteiger partial charge in [0.15, 0.2) is 6.29 Å². The predicted molar refractivity (Wildman–Crippen MR) is 207 cm³/mol. The molecule has 13 atom stereocenters. The molecule has 0 aromatic rings. The highest BCUT2D eigenvalue weighted by molar-refractivity contribution is 5.69. The van der Waals surface area contributed by atoms with Gasteiger partial charge in [-0.1, -0.05) is 124 Å². The molecule has 0 aromatic heterocycles. The Morgan fingerprint density at radius 3 is 2.27 bits per heavy atom. The van der Waals surface area contributed by atoms with Gasteiger partial charge in [-0.15, -0.1) is 0 Å². The Bertz CT molecular complexity index is 1140. The third-order valence-corrected chi connectivity index (χ3v) is 15.1. The quantitative estimate of drug-likeness (QED) is 0.0691. The van der Waals surface area contributed by atoms with E-state index in [4.69, 9.17) is 14.2 Å². The van der Waals surface area contributed by atoms with Crippen molar-refractivity contribution >= 4 is 5.97 Å². The first-order valence-corrected chi connectivity index (χ1v) is 22.1. The fourth-order valence-electron chi connectivity index (χ4n) is 12.0. The minimum absolute atomic E-state index is 0.135. The van der Waals surface area contributed by atoms with Crippen LogP contribution in [0.5, 0.6) is 0 Å². The van der Waals surface area contributed by atoms with Crippen molar-refractivity contribution < 1.29 is 34.3 Å². The number of allylic oxidation sites excluding steroid dienone is 1. The number of fused-ring (bicyclic) bond motifs is 5. The minimum atomic E-state index is -1.44. The lowest BCUT2D eigenvalue weighted by atomic mass is 9.47. The molecule has 7 nitrogen and oxygen atoms in total. The van der Waals surface area contributed by atoms with Crippen LogP contribution < -0.4 is 0 Å². The number of rotatable bonds is 19. The molecule has 52 heavy (non-hydrogen) atoms. The number of hydrogen-bond donors (Lipinski definition) is 3. The van der Waals surface area contributed by atoms with Crippen molar-refractivity contribution in [3.8, 4) is 0 Å². The number of hydrogen-bond acceptors (Lipinski definition) is 7. The molecule has 0 spiro atoms. The molecule has 5 rings (SSSR count). The van der Waals surface area contributed by atoms with Crippen molar-refractivity contribution in [3.05, 3.63) is 11.6 Å². The van der Waals surface area contributed by atoms with Crippen LogP contribution in [-0.4, -0.2) is 64.7 Å². The SMILES string of the molecule is CCCCCCCCCCCC(=O)OC[C@H]1O[C@H](O[C@H]2CC[C@@]3(C)C(=CC[C@H]4[C@@H]5CC[C@H]([C@H](C)CCCC(C)C)[C@@]5(C)CC[C@@H]43)C2)[C@H](O)[C@@H](O)[C@@H]1O. The van der Waals surface area contributed by atoms with Crippen LogP contribution in [0, 0.1) is 46.3 Å². The van der Waals surface area contributed by atoms with E-state index in [0.717, 1.165) is 74.5 Å². The molecular weight excluding hydrogens is 652 g/mol. The van der Waals surface area contributed by atoms with Crippen molar-refractivity contribution in [1.29, 1.82) is 0 Å². The summed E-state index contributed by atoms with van der Waals surface area (Å²) >= 11 is 0. The molecule has 4 aliphatic carbocycles. The van der Waals surface area contributed by atoms with Gasteiger partial charge in [0.25, 0.3) is 0 Å². The van der Waals surface area contributed by atoms with Crippen molar-refractivity contribution in [3.63, 3.8) is 0 Å². The Balaban J connectivity index is 1.09. The number of unbranched alkanes of at least 4 members (excludes halogenated alkanes) is 8. The number of aliphatic hydroxyl groups is 3. The first-order valence-electron chi connectivity index (χ1n) is 22.1. The first-order chi connectivity index (χ1) is 24.9. The van der Waals surface area contributed by atoms with Crippen LogP contribution in [-0.2, 0) is 19.0 Å². The Morgan fingerprint density at radius 1 is 0.846 bits per heavy atom. The summed E-state index contributed by atoms with van der Waals surface area (Å²) in [6, 6.07) is 0. The summed E-state index contributed by atoms with van der Waals surface area (Å²) in [5, 5.41) is 32.3. The molecule has 0 unspecified atom stereocenters. The predicted octanol–water partition coefficient (Wildman–Crippen LogP) is 9.68. The number of ether oxygens (including phenoxy) is 3. The number of carbonyl (C=O) groups excluding carboxylic acids is 1. The summed E-state index contributed by atoms with van der Waals surface area (Å²) in [6.07, 6.45) is 20.6. The standard InChI is InChI=1S/C45H78O7/c1-7-8-9-10-11-12-13-14-15-19-39(46)50-29-38-40(47)41(48)42(49)43(52-38)51-33-24-26-44(5)32(28-33)20-21-34-36-23-22-35(31(4)18-16-17-30(2)3)45(36,6)27-25-37(34)44/h20,30-31,33-38,40-43,47-49H,7-19,21-29H2,1-6H3/t31-,33+,34+,35-,36+,37+,38-,40-,41+,42-,43+,44+,45-/m1/s1. The molecule has 0 radical (unpaired) electrons. The molecular formula is C45H78O7. The number of carbonyl (C=O) groups is 1. The largest absolute Gasteiger partial charge is 0.463 e. The zero-order valence-corrected chi connectivity index (χ0v) is 34.0. The molecule has 0 aromatic carbocycles. The average molecular weight is 731 g/mol. The Labute approximate surface area is 317 Å². The maximum Gasteiger partial charge on any atom is 0.305 e. The summed E-state index contributed by atoms with van der Waals surface area (Å²) in [5.41, 5.74) is 2.15. The lowest BCUT2D eigenvalue weighted by molar-refractivity contribution is -0.313. The zero-order chi connectivity index (χ0) is 37.5. The van der Waals surface area contributed by atoms with E-state index in [9.17, 15) is 20.1 Å². The molecule has 7 heteroatoms. The van der Waals surface area contributed by atoms with Gasteiger partial charge in [0, 0.05) is 6.42 Å². The highest BCUT2D eigenvalue weighted by Crippen LogP contribution is 2.67. The Morgan fingerprint density at radius 2 is 1.56 bits per heavy atom. The van der Waals surface area contributed by atoms with Crippen LogP contribution in [0.4, 0.5) is 0 Å². The maximum absolute atomic E-state index is 12.5. The van der Waals surface area contributed by atoms with Crippen LogP contribution in [0.25, 0.3) is 0 Å². The van der Waals surface area contributed by atoms with Crippen LogP contribution in [0.3, 0.4) is 0 Å². The molecule has 4 fully saturated rings. The maximum atomic E-state index is 12.5. The number of esters is 1. The van der Waals surface area contributed by atoms with E-state index in [1.807, 2.05) is 0 Å². The van der Waals surface area contributed by atoms with Gasteiger partial charge in [0.1, 0.15) is 31.0 Å². The van der Waals surface area contributed by atoms with Gasteiger partial charge in [-0.2, -0.15) is 0 Å². The fraction of sp³-hybridized carbons (Fsp3) is 0.933. The smallest absolute Gasteiger partial charge is 0.305 e. The van der Waals surface area contributed by atoms with E-state index in [1.165, 1.54) is 89.0 Å². The third kappa shape index (κ3) is 9.87. The van der Waals surface area contributed by atoms with Gasteiger partial charge < -0.3 is 29.5 Å². The summed E-state index contributed by atoms with van der Waals surface area (Å²) in [5.74, 6) is 4.45. The zero-order valence-electron chi connectivity index (χ0n) is 34.0. The van der Waals surface area contributed by atoms with Crippen molar-refractivity contribution in [2.45, 2.75) is 213 Å². The summed E-state index contributed by atoms with van der Waals surface area (Å²) in [7, 11) is 0. The van der Waals surface area contributed by atoms with Crippen LogP contribution in [0.2, 0.25) is 0 Å². The summed E-state index contributed by atoms with van der Waals surface area (Å²) < 4.78 is 17.9. The van der Waals surface area contributed by atoms with E-state index in [-0.39, 0.29) is 24.1 Å². The van der Waals surface area contributed by atoms with Crippen molar-refractivity contribution in [1.82, 2.24) is 0 Å². The van der Waals surface area contributed by atoms with Crippen molar-refractivity contribution in [2.24, 2.45) is 46.3 Å². The van der Waals surface area contributed by atoms with E-state index in [2.05, 4.69) is 47.6 Å². The van der Waals surface area contributed by atoms with Crippen LogP contribution in [0.1, 0.15) is 176 Å². The second-order valence-corrected chi connectivity index (χ2v) is 19.1. The minimum Gasteiger partial charge on any atom is -0.463 e. The average Bonchev–Trinajstić information content (AvgIpc) is 3.48. The lowest BCUT2D eigenvalue weighted by Crippen LogP contribution is -2.60. The van der Waals surface area contributed by atoms with E-state index in [1.54, 1.807) is 0 Å². The monoisotopic (exact) mass is 731 g/mol. The number of aliphatic hydroxyl groups excluding tert-OH is 3. The van der Waals surface area contributed by atoms with Gasteiger partial charge in [-0.25, -0.2) is 0 Å². The van der Waals surface area contributed by atoms with Gasteiger partial charge in [0.05, 0.1) is 6.10 Å². The molecule has 3 saturated carbocycles. The summed E-state index contributed by atoms with van der Waals surface area (Å²) in [6.45, 7) is 14.5. The van der Waals surface area contributed by atoms with Crippen LogP contribution in [0.15, 0.2) is 11.6 Å². The molecule has 0 bridgehead atoms. The molecule has 300 valence electrons. The second-order valence-electron chi connectivity index (χ2n) is 19.1. The highest BCUT2D eigenvalue weighted by Gasteiger charge is 2.59. The normalized spacial score (nSPS) is 39.4. The summed E-state index contributed by atoms with van der Waals surface area (Å²) in [4.78, 5) is 12.5. The Hall–Kier alpha value is -0.990. The highest BCUT2D eigenvalue weighted by atomic mass is 16.7. The molecule has 0 amide bonds. The van der Waals surface area contributed by atoms with Gasteiger partial charge in [-0.05, 0) is 104 Å². The molecule has 1 heterocycles. The van der Waals surface area contributed by atoms with Crippen LogP contribution >= 0.6 is 0 Å². The van der Waals surface area contributed by atoms with Crippen molar-refractivity contribution in [2.75, 3.05) is 6.61 Å². The van der Waals surface area contributed by atoms with Gasteiger partial charge in [0.2, 0.25) is 0 Å². The second kappa shape index (κ2) is 19.2.